The average molecular weight is 521 g/mol. The van der Waals surface area contributed by atoms with Gasteiger partial charge in [-0.25, -0.2) is 9.69 Å². The molecule has 1 fully saturated rings. The third kappa shape index (κ3) is 6.48. The van der Waals surface area contributed by atoms with Gasteiger partial charge in [0, 0.05) is 11.4 Å². The second-order valence-corrected chi connectivity index (χ2v) is 8.37. The van der Waals surface area contributed by atoms with Crippen molar-refractivity contribution in [1.82, 2.24) is 5.32 Å². The topological polar surface area (TPSA) is 94.2 Å². The van der Waals surface area contributed by atoms with Gasteiger partial charge in [0.25, 0.3) is 11.8 Å². The average Bonchev–Trinajstić information content (AvgIpc) is 2.89. The van der Waals surface area contributed by atoms with Gasteiger partial charge in [-0.2, -0.15) is 0 Å². The summed E-state index contributed by atoms with van der Waals surface area (Å²) in [6, 6.07) is 20.0. The number of para-hydroxylation sites is 1. The Morgan fingerprint density at radius 3 is 2.32 bits per heavy atom. The molecule has 1 aliphatic heterocycles. The summed E-state index contributed by atoms with van der Waals surface area (Å²) in [5.74, 6) is 0.272. The van der Waals surface area contributed by atoms with Crippen molar-refractivity contribution in [3.05, 3.63) is 89.0 Å². The zero-order valence-corrected chi connectivity index (χ0v) is 20.9. The smallest absolute Gasteiger partial charge is 0.335 e. The lowest BCUT2D eigenvalue weighted by atomic mass is 10.1. The lowest BCUT2D eigenvalue weighted by molar-refractivity contribution is -0.122. The number of anilines is 1. The van der Waals surface area contributed by atoms with Crippen LogP contribution in [0.25, 0.3) is 6.08 Å². The molecule has 3 aromatic rings. The second kappa shape index (κ2) is 12.1. The Morgan fingerprint density at radius 1 is 0.865 bits per heavy atom. The maximum atomic E-state index is 13.1. The van der Waals surface area contributed by atoms with Gasteiger partial charge in [0.15, 0.2) is 11.5 Å². The third-order valence-electron chi connectivity index (χ3n) is 5.32. The van der Waals surface area contributed by atoms with Gasteiger partial charge in [-0.15, -0.1) is 0 Å². The maximum Gasteiger partial charge on any atom is 0.335 e. The van der Waals surface area contributed by atoms with E-state index in [0.29, 0.717) is 54.0 Å². The van der Waals surface area contributed by atoms with Crippen molar-refractivity contribution in [1.29, 1.82) is 0 Å². The number of nitrogens with zero attached hydrogens (tertiary/aromatic N) is 1. The van der Waals surface area contributed by atoms with Crippen molar-refractivity contribution in [3.8, 4) is 17.2 Å². The predicted octanol–water partition coefficient (Wildman–Crippen LogP) is 5.25. The monoisotopic (exact) mass is 520 g/mol. The predicted molar refractivity (Wildman–Crippen MR) is 140 cm³/mol. The number of urea groups is 1. The maximum absolute atomic E-state index is 13.1. The molecule has 37 heavy (non-hydrogen) atoms. The number of nitrogens with one attached hydrogen (secondary N) is 1. The number of ether oxygens (including phenoxy) is 3. The van der Waals surface area contributed by atoms with Gasteiger partial charge in [0.05, 0.1) is 25.5 Å². The van der Waals surface area contributed by atoms with Crippen LogP contribution in [0.15, 0.2) is 78.4 Å². The molecule has 1 N–H and O–H groups in total. The van der Waals surface area contributed by atoms with Gasteiger partial charge in [-0.1, -0.05) is 35.9 Å². The number of rotatable bonds is 10. The number of carbonyl (C=O) groups excluding carboxylic acids is 3. The van der Waals surface area contributed by atoms with Crippen LogP contribution in [0.2, 0.25) is 5.02 Å². The van der Waals surface area contributed by atoms with Crippen LogP contribution in [-0.2, 0) is 9.59 Å². The molecule has 3 aromatic carbocycles. The van der Waals surface area contributed by atoms with Gasteiger partial charge in [0.1, 0.15) is 11.3 Å². The Morgan fingerprint density at radius 2 is 1.59 bits per heavy atom. The number of barbiturate groups is 1. The molecule has 1 heterocycles. The first-order chi connectivity index (χ1) is 18.0. The van der Waals surface area contributed by atoms with Crippen molar-refractivity contribution < 1.29 is 28.6 Å². The van der Waals surface area contributed by atoms with Crippen molar-refractivity contribution in [3.63, 3.8) is 0 Å². The normalized spacial score (nSPS) is 14.5. The summed E-state index contributed by atoms with van der Waals surface area (Å²) in [6.07, 6.45) is 2.07. The summed E-state index contributed by atoms with van der Waals surface area (Å²) >= 11 is 5.91. The molecular formula is C28H25ClN2O6. The molecular weight excluding hydrogens is 496 g/mol. The fourth-order valence-corrected chi connectivity index (χ4v) is 3.72. The van der Waals surface area contributed by atoms with Crippen LogP contribution < -0.4 is 24.4 Å². The van der Waals surface area contributed by atoms with E-state index in [1.54, 1.807) is 30.3 Å². The molecule has 0 aromatic heterocycles. The number of carbonyl (C=O) groups is 3. The summed E-state index contributed by atoms with van der Waals surface area (Å²) in [5.41, 5.74) is 0.635. The molecule has 1 saturated heterocycles. The van der Waals surface area contributed by atoms with Crippen LogP contribution in [0.1, 0.15) is 18.9 Å². The first kappa shape index (κ1) is 25.8. The van der Waals surface area contributed by atoms with Crippen LogP contribution in [0.4, 0.5) is 10.5 Å². The lowest BCUT2D eigenvalue weighted by Gasteiger charge is -2.26. The van der Waals surface area contributed by atoms with E-state index in [0.717, 1.165) is 10.6 Å². The minimum atomic E-state index is -0.829. The number of hydrogen-bond donors (Lipinski definition) is 1. The SMILES string of the molecule is CCOc1cc(C=C2C(=O)NC(=O)N(c3ccc(Cl)cc3)C2=O)ccc1OCCCOc1ccccc1. The summed E-state index contributed by atoms with van der Waals surface area (Å²) in [5, 5.41) is 2.66. The standard InChI is InChI=1S/C28H25ClN2O6/c1-2-35-25-18-19(9-14-24(25)37-16-6-15-36-22-7-4-3-5-8-22)17-23-26(32)30-28(34)31(27(23)33)21-12-10-20(29)11-13-21/h3-5,7-14,17-18H,2,6,15-16H2,1H3,(H,30,32,34). The molecule has 4 amide bonds. The van der Waals surface area contributed by atoms with E-state index in [4.69, 9.17) is 25.8 Å². The summed E-state index contributed by atoms with van der Waals surface area (Å²) in [7, 11) is 0. The molecule has 0 radical (unpaired) electrons. The quantitative estimate of drug-likeness (QED) is 0.223. The fourth-order valence-electron chi connectivity index (χ4n) is 3.60. The van der Waals surface area contributed by atoms with Crippen LogP contribution in [0.3, 0.4) is 0 Å². The van der Waals surface area contributed by atoms with Gasteiger partial charge >= 0.3 is 6.03 Å². The molecule has 8 nitrogen and oxygen atoms in total. The van der Waals surface area contributed by atoms with E-state index in [2.05, 4.69) is 5.32 Å². The van der Waals surface area contributed by atoms with E-state index < -0.39 is 17.8 Å². The number of hydrogen-bond acceptors (Lipinski definition) is 6. The molecule has 190 valence electrons. The molecule has 0 unspecified atom stereocenters. The van der Waals surface area contributed by atoms with E-state index in [1.165, 1.54) is 18.2 Å². The van der Waals surface area contributed by atoms with E-state index in [-0.39, 0.29) is 5.57 Å². The molecule has 9 heteroatoms. The first-order valence-electron chi connectivity index (χ1n) is 11.7. The highest BCUT2D eigenvalue weighted by atomic mass is 35.5. The summed E-state index contributed by atoms with van der Waals surface area (Å²) < 4.78 is 17.3. The molecule has 0 saturated carbocycles. The highest BCUT2D eigenvalue weighted by Crippen LogP contribution is 2.30. The Balaban J connectivity index is 1.47. The highest BCUT2D eigenvalue weighted by Gasteiger charge is 2.36. The van der Waals surface area contributed by atoms with Crippen LogP contribution >= 0.6 is 11.6 Å². The highest BCUT2D eigenvalue weighted by molar-refractivity contribution is 6.39. The van der Waals surface area contributed by atoms with Gasteiger partial charge < -0.3 is 14.2 Å². The Kier molecular flexibility index (Phi) is 8.43. The molecule has 4 rings (SSSR count). The van der Waals surface area contributed by atoms with Gasteiger partial charge in [-0.3, -0.25) is 14.9 Å². The second-order valence-electron chi connectivity index (χ2n) is 7.94. The van der Waals surface area contributed by atoms with Crippen molar-refractivity contribution in [2.45, 2.75) is 13.3 Å². The summed E-state index contributed by atoms with van der Waals surface area (Å²) in [6.45, 7) is 3.15. The summed E-state index contributed by atoms with van der Waals surface area (Å²) in [4.78, 5) is 38.9. The molecule has 1 aliphatic rings. The molecule has 0 atom stereocenters. The Hall–Kier alpha value is -4.30. The molecule has 0 bridgehead atoms. The number of halogens is 1. The number of benzene rings is 3. The van der Waals surface area contributed by atoms with Crippen LogP contribution in [-0.4, -0.2) is 37.7 Å². The third-order valence-corrected chi connectivity index (χ3v) is 5.58. The largest absolute Gasteiger partial charge is 0.493 e. The van der Waals surface area contributed by atoms with E-state index in [9.17, 15) is 14.4 Å². The van der Waals surface area contributed by atoms with Crippen LogP contribution in [0, 0.1) is 0 Å². The Bertz CT molecular complexity index is 1310. The minimum absolute atomic E-state index is 0.191. The van der Waals surface area contributed by atoms with E-state index in [1.807, 2.05) is 37.3 Å². The first-order valence-corrected chi connectivity index (χ1v) is 12.1. The zero-order chi connectivity index (χ0) is 26.2. The van der Waals surface area contributed by atoms with Crippen molar-refractivity contribution >= 4 is 41.2 Å². The molecule has 0 aliphatic carbocycles. The lowest BCUT2D eigenvalue weighted by Crippen LogP contribution is -2.54. The minimum Gasteiger partial charge on any atom is -0.493 e. The number of imide groups is 2. The number of amides is 4. The van der Waals surface area contributed by atoms with Gasteiger partial charge in [-0.05, 0) is 67.1 Å². The fraction of sp³-hybridized carbons (Fsp3) is 0.179. The van der Waals surface area contributed by atoms with Gasteiger partial charge in [0.2, 0.25) is 0 Å². The van der Waals surface area contributed by atoms with Crippen molar-refractivity contribution in [2.24, 2.45) is 0 Å². The van der Waals surface area contributed by atoms with E-state index >= 15 is 0 Å². The van der Waals surface area contributed by atoms with Crippen molar-refractivity contribution in [2.75, 3.05) is 24.7 Å². The zero-order valence-electron chi connectivity index (χ0n) is 20.1. The van der Waals surface area contributed by atoms with Crippen LogP contribution in [0.5, 0.6) is 17.2 Å². The molecule has 0 spiro atoms. The Labute approximate surface area is 219 Å².